The molecule has 0 heterocycles. The maximum atomic E-state index is 12.8. The fraction of sp³-hybridized carbons (Fsp3) is 0.648. The minimum absolute atomic E-state index is 0.0846. The van der Waals surface area contributed by atoms with Crippen LogP contribution in [0.3, 0.4) is 0 Å². The van der Waals surface area contributed by atoms with Crippen molar-refractivity contribution in [1.82, 2.24) is 0 Å². The Morgan fingerprint density at radius 1 is 0.273 bits per heavy atom. The van der Waals surface area contributed by atoms with Crippen molar-refractivity contribution >= 4 is 17.9 Å². The van der Waals surface area contributed by atoms with Crippen LogP contribution >= 0.6 is 0 Å². The maximum Gasteiger partial charge on any atom is 0.306 e. The molecule has 6 heteroatoms. The third kappa shape index (κ3) is 62.3. The second-order valence-electron chi connectivity index (χ2n) is 20.6. The standard InChI is InChI=1S/C71H116O6/c1-4-7-10-13-15-17-19-21-23-25-27-29-30-31-32-33-34-35-36-37-38-39-40-42-43-45-47-49-51-53-55-58-61-64-70(73)76-67-68(66-75-69(72)63-60-57-12-9-6-3)77-71(74)65-62-59-56-54-52-50-48-46-44-41-28-26-24-22-20-18-16-14-11-8-5-2/h7-8,10-11,15-18,21-24,27-29,31-32,34-35,37-38,41,68H,4-6,9,12-14,19-20,25-26,30,33,36,39-40,42-67H2,1-3H3/b10-7-,11-8-,17-15-,18-16-,23-21-,24-22-,29-27-,32-31-,35-34-,38-37-,41-28-. The molecule has 0 N–H and O–H groups in total. The molecule has 0 aromatic rings. The monoisotopic (exact) mass is 1060 g/mol. The second kappa shape index (κ2) is 64.1. The molecule has 6 nitrogen and oxygen atoms in total. The van der Waals surface area contributed by atoms with Crippen molar-refractivity contribution in [3.05, 3.63) is 134 Å². The molecule has 0 amide bonds. The van der Waals surface area contributed by atoms with E-state index in [1.54, 1.807) is 0 Å². The molecule has 0 aliphatic rings. The van der Waals surface area contributed by atoms with Crippen LogP contribution in [-0.2, 0) is 28.6 Å². The van der Waals surface area contributed by atoms with E-state index in [-0.39, 0.29) is 31.1 Å². The molecule has 0 fully saturated rings. The predicted molar refractivity (Wildman–Crippen MR) is 334 cm³/mol. The lowest BCUT2D eigenvalue weighted by Crippen LogP contribution is -2.30. The first-order valence-corrected chi connectivity index (χ1v) is 31.7. The van der Waals surface area contributed by atoms with Crippen molar-refractivity contribution in [2.75, 3.05) is 13.2 Å². The number of carbonyl (C=O) groups is 3. The molecule has 0 bridgehead atoms. The minimum atomic E-state index is -0.784. The van der Waals surface area contributed by atoms with Gasteiger partial charge in [0.2, 0.25) is 0 Å². The molecule has 0 saturated carbocycles. The quantitative estimate of drug-likeness (QED) is 0.0261. The molecular weight excluding hydrogens is 949 g/mol. The van der Waals surface area contributed by atoms with Crippen molar-refractivity contribution in [1.29, 1.82) is 0 Å². The van der Waals surface area contributed by atoms with E-state index in [4.69, 9.17) is 14.2 Å². The smallest absolute Gasteiger partial charge is 0.306 e. The van der Waals surface area contributed by atoms with Crippen molar-refractivity contribution in [3.8, 4) is 0 Å². The molecular formula is C71H116O6. The lowest BCUT2D eigenvalue weighted by Gasteiger charge is -2.18. The molecule has 0 aromatic carbocycles. The Labute approximate surface area is 475 Å². The number of hydrogen-bond acceptors (Lipinski definition) is 6. The van der Waals surface area contributed by atoms with Crippen LogP contribution in [0.5, 0.6) is 0 Å². The van der Waals surface area contributed by atoms with Crippen molar-refractivity contribution in [3.63, 3.8) is 0 Å². The van der Waals surface area contributed by atoms with E-state index in [9.17, 15) is 14.4 Å². The first kappa shape index (κ1) is 72.5. The van der Waals surface area contributed by atoms with Gasteiger partial charge in [0.15, 0.2) is 6.10 Å². The normalized spacial score (nSPS) is 13.0. The summed E-state index contributed by atoms with van der Waals surface area (Å²) in [6.45, 7) is 6.32. The van der Waals surface area contributed by atoms with E-state index in [1.165, 1.54) is 96.3 Å². The highest BCUT2D eigenvalue weighted by Gasteiger charge is 2.19. The number of esters is 3. The molecule has 77 heavy (non-hydrogen) atoms. The van der Waals surface area contributed by atoms with Crippen molar-refractivity contribution < 1.29 is 28.6 Å². The molecule has 436 valence electrons. The fourth-order valence-electron chi connectivity index (χ4n) is 8.47. The van der Waals surface area contributed by atoms with Gasteiger partial charge in [0.25, 0.3) is 0 Å². The third-order valence-corrected chi connectivity index (χ3v) is 13.2. The highest BCUT2D eigenvalue weighted by atomic mass is 16.6. The van der Waals surface area contributed by atoms with E-state index in [0.29, 0.717) is 19.3 Å². The van der Waals surface area contributed by atoms with E-state index in [1.807, 2.05) is 0 Å². The number of allylic oxidation sites excluding steroid dienone is 22. The molecule has 0 aliphatic heterocycles. The van der Waals surface area contributed by atoms with Crippen LogP contribution in [0.15, 0.2) is 134 Å². The van der Waals surface area contributed by atoms with Crippen LogP contribution in [0.2, 0.25) is 0 Å². The molecule has 0 saturated heterocycles. The number of unbranched alkanes of at least 4 members (excludes halogenated alkanes) is 23. The summed E-state index contributed by atoms with van der Waals surface area (Å²) in [5.41, 5.74) is 0. The van der Waals surface area contributed by atoms with Crippen LogP contribution in [0, 0.1) is 0 Å². The van der Waals surface area contributed by atoms with Gasteiger partial charge in [0, 0.05) is 19.3 Å². The van der Waals surface area contributed by atoms with Crippen LogP contribution in [0.25, 0.3) is 0 Å². The molecule has 0 spiro atoms. The van der Waals surface area contributed by atoms with Gasteiger partial charge in [0.1, 0.15) is 13.2 Å². The average Bonchev–Trinajstić information content (AvgIpc) is 3.43. The van der Waals surface area contributed by atoms with Crippen LogP contribution in [-0.4, -0.2) is 37.2 Å². The van der Waals surface area contributed by atoms with Gasteiger partial charge in [-0.25, -0.2) is 0 Å². The third-order valence-electron chi connectivity index (χ3n) is 13.2. The van der Waals surface area contributed by atoms with Gasteiger partial charge in [-0.3, -0.25) is 14.4 Å². The summed E-state index contributed by atoms with van der Waals surface area (Å²) in [7, 11) is 0. The summed E-state index contributed by atoms with van der Waals surface area (Å²) in [5.74, 6) is -0.909. The second-order valence-corrected chi connectivity index (χ2v) is 20.6. The zero-order chi connectivity index (χ0) is 55.7. The summed E-state index contributed by atoms with van der Waals surface area (Å²) in [5, 5.41) is 0. The van der Waals surface area contributed by atoms with Gasteiger partial charge in [-0.15, -0.1) is 0 Å². The molecule has 0 rings (SSSR count). The van der Waals surface area contributed by atoms with Gasteiger partial charge in [-0.05, 0) is 116 Å². The van der Waals surface area contributed by atoms with Gasteiger partial charge >= 0.3 is 17.9 Å². The fourth-order valence-corrected chi connectivity index (χ4v) is 8.47. The summed E-state index contributed by atoms with van der Waals surface area (Å²) >= 11 is 0. The number of rotatable bonds is 56. The van der Waals surface area contributed by atoms with Crippen LogP contribution in [0.1, 0.15) is 278 Å². The van der Waals surface area contributed by atoms with Crippen molar-refractivity contribution in [2.24, 2.45) is 0 Å². The van der Waals surface area contributed by atoms with Gasteiger partial charge < -0.3 is 14.2 Å². The first-order chi connectivity index (χ1) is 38.0. The first-order valence-electron chi connectivity index (χ1n) is 31.7. The summed E-state index contributed by atoms with van der Waals surface area (Å²) in [6.07, 6.45) is 90.7. The highest BCUT2D eigenvalue weighted by molar-refractivity contribution is 5.71. The highest BCUT2D eigenvalue weighted by Crippen LogP contribution is 2.15. The van der Waals surface area contributed by atoms with Crippen molar-refractivity contribution in [2.45, 2.75) is 284 Å². The zero-order valence-electron chi connectivity index (χ0n) is 49.9. The Morgan fingerprint density at radius 3 is 0.792 bits per heavy atom. The molecule has 0 radical (unpaired) electrons. The van der Waals surface area contributed by atoms with E-state index in [0.717, 1.165) is 141 Å². The lowest BCUT2D eigenvalue weighted by molar-refractivity contribution is -0.167. The summed E-state index contributed by atoms with van der Waals surface area (Å²) < 4.78 is 16.8. The Kier molecular flexibility index (Phi) is 60.4. The Morgan fingerprint density at radius 2 is 0.506 bits per heavy atom. The zero-order valence-corrected chi connectivity index (χ0v) is 49.9. The largest absolute Gasteiger partial charge is 0.462 e. The summed E-state index contributed by atoms with van der Waals surface area (Å²) in [6, 6.07) is 0. The SMILES string of the molecule is CC/C=C\C/C=C\C/C=C\C/C=C\C/C=C\C/C=C\C/C=C\CCCCCCCCCCCCCC(=O)OCC(COC(=O)CCCCCCC)OC(=O)CCCCCCCCCC/C=C\C/C=C\C/C=C\C/C=C\CC. The Bertz CT molecular complexity index is 1650. The number of carbonyl (C=O) groups excluding carboxylic acids is 3. The average molecular weight is 1070 g/mol. The summed E-state index contributed by atoms with van der Waals surface area (Å²) in [4.78, 5) is 37.9. The van der Waals surface area contributed by atoms with E-state index < -0.39 is 6.10 Å². The van der Waals surface area contributed by atoms with E-state index in [2.05, 4.69) is 154 Å². The van der Waals surface area contributed by atoms with Gasteiger partial charge in [0.05, 0.1) is 0 Å². The number of hydrogen-bond donors (Lipinski definition) is 0. The Balaban J connectivity index is 4.06. The lowest BCUT2D eigenvalue weighted by atomic mass is 10.0. The van der Waals surface area contributed by atoms with Gasteiger partial charge in [-0.1, -0.05) is 276 Å². The topological polar surface area (TPSA) is 78.9 Å². The Hall–Kier alpha value is -4.45. The maximum absolute atomic E-state index is 12.8. The molecule has 1 atom stereocenters. The van der Waals surface area contributed by atoms with Gasteiger partial charge in [-0.2, -0.15) is 0 Å². The minimum Gasteiger partial charge on any atom is -0.462 e. The number of ether oxygens (including phenoxy) is 3. The molecule has 0 aliphatic carbocycles. The van der Waals surface area contributed by atoms with Crippen LogP contribution < -0.4 is 0 Å². The molecule has 0 aromatic heterocycles. The molecule has 1 unspecified atom stereocenters. The predicted octanol–water partition coefficient (Wildman–Crippen LogP) is 21.8. The van der Waals surface area contributed by atoms with Crippen LogP contribution in [0.4, 0.5) is 0 Å². The van der Waals surface area contributed by atoms with E-state index >= 15 is 0 Å².